The summed E-state index contributed by atoms with van der Waals surface area (Å²) in [6, 6.07) is 1.84. The van der Waals surface area contributed by atoms with E-state index in [1.807, 2.05) is 11.0 Å². The molecule has 2 saturated heterocycles. The van der Waals surface area contributed by atoms with Gasteiger partial charge in [0, 0.05) is 38.6 Å². The van der Waals surface area contributed by atoms with Crippen LogP contribution < -0.4 is 10.2 Å². The van der Waals surface area contributed by atoms with Crippen molar-refractivity contribution >= 4 is 11.9 Å². The molecule has 3 heterocycles. The predicted octanol–water partition coefficient (Wildman–Crippen LogP) is 0.657. The molecule has 0 spiro atoms. The van der Waals surface area contributed by atoms with Gasteiger partial charge in [-0.2, -0.15) is 0 Å². The van der Waals surface area contributed by atoms with E-state index in [0.717, 1.165) is 51.5 Å². The zero-order chi connectivity index (χ0) is 14.5. The van der Waals surface area contributed by atoms with Crippen molar-refractivity contribution in [3.63, 3.8) is 0 Å². The highest BCUT2D eigenvalue weighted by Crippen LogP contribution is 2.14. The topological polar surface area (TPSA) is 61.4 Å². The van der Waals surface area contributed by atoms with Crippen molar-refractivity contribution in [3.05, 3.63) is 18.5 Å². The molecule has 3 rings (SSSR count). The molecule has 1 atom stereocenters. The number of hydrogen-bond acceptors (Lipinski definition) is 5. The average molecular weight is 289 g/mol. The maximum Gasteiger partial charge on any atom is 0.239 e. The molecule has 0 bridgehead atoms. The molecular weight excluding hydrogens is 266 g/mol. The van der Waals surface area contributed by atoms with Crippen LogP contribution in [0.15, 0.2) is 18.5 Å². The van der Waals surface area contributed by atoms with Crippen LogP contribution in [-0.4, -0.2) is 59.5 Å². The molecule has 1 unspecified atom stereocenters. The van der Waals surface area contributed by atoms with Crippen LogP contribution in [0.25, 0.3) is 0 Å². The molecule has 2 fully saturated rings. The smallest absolute Gasteiger partial charge is 0.239 e. The number of nitrogens with one attached hydrogen (secondary N) is 1. The SMILES string of the molecule is O=C(C1CCCCCN1)N1CCN(c2ncccn2)CC1. The van der Waals surface area contributed by atoms with Gasteiger partial charge in [0.1, 0.15) is 0 Å². The molecule has 1 N–H and O–H groups in total. The van der Waals surface area contributed by atoms with Crippen LogP contribution in [0, 0.1) is 0 Å². The Morgan fingerprint density at radius 2 is 1.86 bits per heavy atom. The second kappa shape index (κ2) is 6.85. The lowest BCUT2D eigenvalue weighted by Crippen LogP contribution is -2.54. The molecule has 0 aromatic carbocycles. The summed E-state index contributed by atoms with van der Waals surface area (Å²) in [5.74, 6) is 1.03. The Kier molecular flexibility index (Phi) is 4.65. The van der Waals surface area contributed by atoms with E-state index in [4.69, 9.17) is 0 Å². The Morgan fingerprint density at radius 1 is 1.10 bits per heavy atom. The standard InChI is InChI=1S/C15H23N5O/c21-14(13-5-2-1-3-6-16-13)19-9-11-20(12-10-19)15-17-7-4-8-18-15/h4,7-8,13,16H,1-3,5-6,9-12H2. The third-order valence-electron chi connectivity index (χ3n) is 4.28. The number of piperazine rings is 1. The monoisotopic (exact) mass is 289 g/mol. The number of nitrogens with zero attached hydrogens (tertiary/aromatic N) is 4. The van der Waals surface area contributed by atoms with E-state index in [-0.39, 0.29) is 11.9 Å². The van der Waals surface area contributed by atoms with Crippen LogP contribution in [0.1, 0.15) is 25.7 Å². The fourth-order valence-electron chi connectivity index (χ4n) is 3.04. The first-order chi connectivity index (χ1) is 10.3. The zero-order valence-corrected chi connectivity index (χ0v) is 12.4. The number of anilines is 1. The minimum atomic E-state index is 0.0204. The summed E-state index contributed by atoms with van der Waals surface area (Å²) in [6.07, 6.45) is 8.06. The van der Waals surface area contributed by atoms with Crippen LogP contribution in [-0.2, 0) is 4.79 Å². The van der Waals surface area contributed by atoms with Gasteiger partial charge in [0.2, 0.25) is 11.9 Å². The molecule has 1 aromatic rings. The third-order valence-corrected chi connectivity index (χ3v) is 4.28. The van der Waals surface area contributed by atoms with Crippen molar-refractivity contribution in [1.29, 1.82) is 0 Å². The van der Waals surface area contributed by atoms with E-state index in [1.165, 1.54) is 12.8 Å². The first kappa shape index (κ1) is 14.3. The van der Waals surface area contributed by atoms with Gasteiger partial charge in [-0.25, -0.2) is 9.97 Å². The molecule has 21 heavy (non-hydrogen) atoms. The molecule has 6 heteroatoms. The second-order valence-corrected chi connectivity index (χ2v) is 5.72. The van der Waals surface area contributed by atoms with Crippen LogP contribution in [0.4, 0.5) is 5.95 Å². The highest BCUT2D eigenvalue weighted by molar-refractivity contribution is 5.82. The molecule has 0 aliphatic carbocycles. The summed E-state index contributed by atoms with van der Waals surface area (Å²) in [5, 5.41) is 3.39. The number of aromatic nitrogens is 2. The van der Waals surface area contributed by atoms with Crippen LogP contribution >= 0.6 is 0 Å². The molecule has 0 radical (unpaired) electrons. The molecule has 0 saturated carbocycles. The van der Waals surface area contributed by atoms with E-state index in [0.29, 0.717) is 0 Å². The fourth-order valence-corrected chi connectivity index (χ4v) is 3.04. The van der Waals surface area contributed by atoms with E-state index in [1.54, 1.807) is 12.4 Å². The van der Waals surface area contributed by atoms with E-state index < -0.39 is 0 Å². The zero-order valence-electron chi connectivity index (χ0n) is 12.4. The van der Waals surface area contributed by atoms with Crippen LogP contribution in [0.3, 0.4) is 0 Å². The lowest BCUT2D eigenvalue weighted by Gasteiger charge is -2.36. The molecule has 6 nitrogen and oxygen atoms in total. The minimum Gasteiger partial charge on any atom is -0.338 e. The van der Waals surface area contributed by atoms with Crippen molar-refractivity contribution in [2.45, 2.75) is 31.7 Å². The summed E-state index contributed by atoms with van der Waals surface area (Å²) in [6.45, 7) is 4.10. The number of carbonyl (C=O) groups excluding carboxylic acids is 1. The maximum absolute atomic E-state index is 12.6. The van der Waals surface area contributed by atoms with Gasteiger partial charge in [0.25, 0.3) is 0 Å². The van der Waals surface area contributed by atoms with E-state index in [2.05, 4.69) is 20.2 Å². The molecule has 2 aliphatic rings. The number of hydrogen-bond donors (Lipinski definition) is 1. The lowest BCUT2D eigenvalue weighted by atomic mass is 10.1. The van der Waals surface area contributed by atoms with Gasteiger partial charge in [-0.1, -0.05) is 12.8 Å². The number of amides is 1. The van der Waals surface area contributed by atoms with Gasteiger partial charge in [-0.05, 0) is 25.5 Å². The fraction of sp³-hybridized carbons (Fsp3) is 0.667. The van der Waals surface area contributed by atoms with Crippen molar-refractivity contribution in [2.75, 3.05) is 37.6 Å². The Balaban J connectivity index is 1.54. The Morgan fingerprint density at radius 3 is 2.62 bits per heavy atom. The highest BCUT2D eigenvalue weighted by atomic mass is 16.2. The van der Waals surface area contributed by atoms with Crippen LogP contribution in [0.5, 0.6) is 0 Å². The quantitative estimate of drug-likeness (QED) is 0.866. The minimum absolute atomic E-state index is 0.0204. The normalized spacial score (nSPS) is 23.7. The Hall–Kier alpha value is -1.69. The van der Waals surface area contributed by atoms with Gasteiger partial charge in [-0.3, -0.25) is 4.79 Å². The first-order valence-corrected chi connectivity index (χ1v) is 7.89. The van der Waals surface area contributed by atoms with Gasteiger partial charge < -0.3 is 15.1 Å². The van der Waals surface area contributed by atoms with Crippen molar-refractivity contribution in [3.8, 4) is 0 Å². The number of rotatable bonds is 2. The van der Waals surface area contributed by atoms with Gasteiger partial charge in [0.05, 0.1) is 6.04 Å². The van der Waals surface area contributed by atoms with Crippen molar-refractivity contribution < 1.29 is 4.79 Å². The van der Waals surface area contributed by atoms with E-state index >= 15 is 0 Å². The third kappa shape index (κ3) is 3.50. The Bertz CT molecular complexity index is 450. The molecule has 1 aromatic heterocycles. The van der Waals surface area contributed by atoms with Crippen LogP contribution in [0.2, 0.25) is 0 Å². The van der Waals surface area contributed by atoms with Crippen molar-refractivity contribution in [1.82, 2.24) is 20.2 Å². The Labute approximate surface area is 125 Å². The molecule has 114 valence electrons. The summed E-state index contributed by atoms with van der Waals surface area (Å²) >= 11 is 0. The average Bonchev–Trinajstić information content (AvgIpc) is 2.84. The largest absolute Gasteiger partial charge is 0.338 e. The van der Waals surface area contributed by atoms with E-state index in [9.17, 15) is 4.79 Å². The van der Waals surface area contributed by atoms with Gasteiger partial charge in [-0.15, -0.1) is 0 Å². The molecule has 1 amide bonds. The summed E-state index contributed by atoms with van der Waals surface area (Å²) in [5.41, 5.74) is 0. The predicted molar refractivity (Wildman–Crippen MR) is 81.1 cm³/mol. The van der Waals surface area contributed by atoms with Crippen molar-refractivity contribution in [2.24, 2.45) is 0 Å². The van der Waals surface area contributed by atoms with Gasteiger partial charge >= 0.3 is 0 Å². The summed E-state index contributed by atoms with van der Waals surface area (Å²) in [4.78, 5) is 25.2. The number of carbonyl (C=O) groups is 1. The molecule has 2 aliphatic heterocycles. The highest BCUT2D eigenvalue weighted by Gasteiger charge is 2.28. The summed E-state index contributed by atoms with van der Waals surface area (Å²) in [7, 11) is 0. The van der Waals surface area contributed by atoms with Gasteiger partial charge in [0.15, 0.2) is 0 Å². The first-order valence-electron chi connectivity index (χ1n) is 7.89. The second-order valence-electron chi connectivity index (χ2n) is 5.72. The maximum atomic E-state index is 12.6. The lowest BCUT2D eigenvalue weighted by molar-refractivity contribution is -0.133. The summed E-state index contributed by atoms with van der Waals surface area (Å²) < 4.78 is 0. The molecular formula is C15H23N5O.